The average molecular weight is 466 g/mol. The van der Waals surface area contributed by atoms with Crippen LogP contribution in [-0.4, -0.2) is 74.0 Å². The maximum Gasteiger partial charge on any atom is 0.380 e. The van der Waals surface area contributed by atoms with Gasteiger partial charge in [0, 0.05) is 12.1 Å². The Morgan fingerprint density at radius 3 is 2.88 bits per heavy atom. The van der Waals surface area contributed by atoms with Gasteiger partial charge in [0.2, 0.25) is 0 Å². The van der Waals surface area contributed by atoms with Crippen molar-refractivity contribution in [2.24, 2.45) is 4.40 Å². The molecular weight excluding hydrogens is 450 g/mol. The number of nitrogens with two attached hydrogens (primary N) is 1. The molecule has 3 aromatic heterocycles. The highest BCUT2D eigenvalue weighted by molar-refractivity contribution is 7.85. The van der Waals surface area contributed by atoms with Crippen molar-refractivity contribution in [3.63, 3.8) is 0 Å². The van der Waals surface area contributed by atoms with Gasteiger partial charge < -0.3 is 30.8 Å². The molecule has 1 aliphatic rings. The van der Waals surface area contributed by atoms with Gasteiger partial charge >= 0.3 is 10.3 Å². The minimum absolute atomic E-state index is 0.0938. The van der Waals surface area contributed by atoms with Crippen molar-refractivity contribution >= 4 is 33.2 Å². The van der Waals surface area contributed by atoms with E-state index in [9.17, 15) is 28.5 Å². The molecule has 170 valence electrons. The molecule has 0 spiro atoms. The summed E-state index contributed by atoms with van der Waals surface area (Å²) in [5.41, 5.74) is 4.86. The number of fused-ring (bicyclic) bond motifs is 1. The van der Waals surface area contributed by atoms with E-state index in [0.717, 1.165) is 6.07 Å². The van der Waals surface area contributed by atoms with Gasteiger partial charge in [0.15, 0.2) is 17.7 Å². The first-order valence-corrected chi connectivity index (χ1v) is 10.3. The second-order valence-electron chi connectivity index (χ2n) is 6.65. The zero-order valence-electron chi connectivity index (χ0n) is 16.0. The number of hydrogen-bond acceptors (Lipinski definition) is 12. The zero-order chi connectivity index (χ0) is 23.0. The molecule has 0 saturated carbocycles. The number of aliphatic hydroxyl groups excluding tert-OH is 2. The van der Waals surface area contributed by atoms with Gasteiger partial charge in [-0.05, 0) is 12.1 Å². The van der Waals surface area contributed by atoms with Crippen LogP contribution in [0.3, 0.4) is 0 Å². The number of imidazole rings is 1. The lowest BCUT2D eigenvalue weighted by molar-refractivity contribution is -0.212. The zero-order valence-corrected chi connectivity index (χ0v) is 16.8. The number of nitrogens with one attached hydrogen (secondary N) is 1. The smallest absolute Gasteiger partial charge is 0.380 e. The second kappa shape index (κ2) is 8.24. The number of aromatic nitrogens is 5. The van der Waals surface area contributed by atoms with Gasteiger partial charge in [0.1, 0.15) is 30.2 Å². The summed E-state index contributed by atoms with van der Waals surface area (Å²) in [4.78, 5) is 25.6. The molecule has 5 N–H and O–H groups in total. The Labute approximate surface area is 179 Å². The molecule has 0 amide bonds. The molecule has 15 nitrogen and oxygen atoms in total. The van der Waals surface area contributed by atoms with Crippen LogP contribution in [-0.2, 0) is 19.2 Å². The minimum Gasteiger partial charge on any atom is -0.857 e. The Morgan fingerprint density at radius 1 is 1.34 bits per heavy atom. The second-order valence-corrected chi connectivity index (χ2v) is 7.92. The van der Waals surface area contributed by atoms with Gasteiger partial charge in [-0.3, -0.25) is 9.36 Å². The molecule has 4 rings (SSSR count). The highest BCUT2D eigenvalue weighted by atomic mass is 32.2. The Morgan fingerprint density at radius 2 is 2.12 bits per heavy atom. The number of H-pyrrole nitrogens is 1. The Bertz CT molecular complexity index is 1340. The highest BCUT2D eigenvalue weighted by Crippen LogP contribution is 2.32. The summed E-state index contributed by atoms with van der Waals surface area (Å²) in [5.74, 6) is -1.24. The third kappa shape index (κ3) is 4.04. The molecule has 4 heterocycles. The predicted octanol–water partition coefficient (Wildman–Crippen LogP) is -3.22. The molecule has 0 bridgehead atoms. The van der Waals surface area contributed by atoms with Crippen molar-refractivity contribution < 1.29 is 32.7 Å². The number of pyridine rings is 1. The summed E-state index contributed by atoms with van der Waals surface area (Å²) in [7, 11) is -4.79. The van der Waals surface area contributed by atoms with E-state index < -0.39 is 58.5 Å². The molecule has 1 aliphatic heterocycles. The van der Waals surface area contributed by atoms with Gasteiger partial charge in [0.25, 0.3) is 5.56 Å². The molecule has 32 heavy (non-hydrogen) atoms. The fraction of sp³-hybridized carbons (Fsp3) is 0.312. The standard InChI is InChI=1S/C16H17N7O8S/c17-12-9-13(20-5-19-12)23(6-21-9)16-11(25)10(24)8(31-16)4-30-32(28,29)22-15(27)7-2-1-3-18-14(7)26/h1-3,5-6,8,10-11,16,24-25H,4H2,(H,18,26)(H,22,27)(H2,17,19,20)/p-1/t8?,10-,11-,16?/m1/s1. The lowest BCUT2D eigenvalue weighted by Crippen LogP contribution is -2.34. The molecular formula is C16H16N7O8S-. The third-order valence-corrected chi connectivity index (χ3v) is 5.45. The summed E-state index contributed by atoms with van der Waals surface area (Å²) < 4.78 is 38.4. The van der Waals surface area contributed by atoms with Crippen LogP contribution in [0.1, 0.15) is 11.8 Å². The maximum atomic E-state index is 12.0. The van der Waals surface area contributed by atoms with Crippen molar-refractivity contribution in [1.82, 2.24) is 24.5 Å². The number of hydrogen-bond donors (Lipinski definition) is 4. The van der Waals surface area contributed by atoms with Gasteiger partial charge in [-0.15, -0.1) is 0 Å². The molecule has 2 unspecified atom stereocenters. The van der Waals surface area contributed by atoms with Crippen LogP contribution < -0.4 is 16.4 Å². The Balaban J connectivity index is 1.49. The van der Waals surface area contributed by atoms with Crippen molar-refractivity contribution in [3.8, 4) is 0 Å². The third-order valence-electron chi connectivity index (χ3n) is 4.62. The summed E-state index contributed by atoms with van der Waals surface area (Å²) in [5, 5.41) is 32.6. The van der Waals surface area contributed by atoms with Gasteiger partial charge in [0.05, 0.1) is 18.5 Å². The Kier molecular flexibility index (Phi) is 5.61. The lowest BCUT2D eigenvalue weighted by Gasteiger charge is -2.16. The van der Waals surface area contributed by atoms with Crippen molar-refractivity contribution in [2.45, 2.75) is 24.5 Å². The number of ether oxygens (including phenoxy) is 1. The average Bonchev–Trinajstić information content (AvgIpc) is 3.29. The van der Waals surface area contributed by atoms with Crippen LogP contribution in [0.2, 0.25) is 0 Å². The van der Waals surface area contributed by atoms with Crippen LogP contribution in [0.15, 0.2) is 40.2 Å². The van der Waals surface area contributed by atoms with E-state index in [1.807, 2.05) is 0 Å². The largest absolute Gasteiger partial charge is 0.857 e. The number of anilines is 1. The fourth-order valence-corrected chi connectivity index (χ4v) is 3.73. The summed E-state index contributed by atoms with van der Waals surface area (Å²) in [6, 6.07) is 2.41. The van der Waals surface area contributed by atoms with Crippen molar-refractivity contribution in [3.05, 3.63) is 46.9 Å². The normalized spacial score (nSPS) is 24.2. The molecule has 0 aromatic carbocycles. The molecule has 0 aliphatic carbocycles. The van der Waals surface area contributed by atoms with E-state index in [1.165, 1.54) is 29.5 Å². The van der Waals surface area contributed by atoms with Crippen molar-refractivity contribution in [1.29, 1.82) is 0 Å². The van der Waals surface area contributed by atoms with Crippen LogP contribution in [0.5, 0.6) is 0 Å². The summed E-state index contributed by atoms with van der Waals surface area (Å²) in [6.45, 7) is -0.775. The van der Waals surface area contributed by atoms with Gasteiger partial charge in [-0.1, -0.05) is 0 Å². The monoisotopic (exact) mass is 466 g/mol. The number of rotatable bonds is 6. The molecule has 4 atom stereocenters. The predicted molar refractivity (Wildman–Crippen MR) is 104 cm³/mol. The fourth-order valence-electron chi connectivity index (χ4n) is 3.07. The minimum atomic E-state index is -4.79. The SMILES string of the molecule is Nc1ncnc2c1ncn2C1OC(COS(=O)(=O)/N=C(\[O-])c2ccc[nH]c2=O)[C@@H](O)[C@H]1O. The first-order chi connectivity index (χ1) is 15.2. The Hall–Kier alpha value is -3.44. The van der Waals surface area contributed by atoms with E-state index in [1.54, 1.807) is 0 Å². The van der Waals surface area contributed by atoms with Crippen LogP contribution in [0.4, 0.5) is 5.82 Å². The molecule has 16 heteroatoms. The number of nitrogens with zero attached hydrogens (tertiary/aromatic N) is 5. The topological polar surface area (TPSA) is 231 Å². The maximum absolute atomic E-state index is 12.0. The lowest BCUT2D eigenvalue weighted by atomic mass is 10.1. The van der Waals surface area contributed by atoms with Crippen LogP contribution >= 0.6 is 0 Å². The first kappa shape index (κ1) is 21.8. The molecule has 1 fully saturated rings. The van der Waals surface area contributed by atoms with E-state index >= 15 is 0 Å². The van der Waals surface area contributed by atoms with E-state index in [2.05, 4.69) is 28.5 Å². The summed E-state index contributed by atoms with van der Waals surface area (Å²) >= 11 is 0. The van der Waals surface area contributed by atoms with Crippen LogP contribution in [0.25, 0.3) is 11.2 Å². The molecule has 1 saturated heterocycles. The highest BCUT2D eigenvalue weighted by Gasteiger charge is 2.45. The first-order valence-electron chi connectivity index (χ1n) is 8.97. The van der Waals surface area contributed by atoms with Crippen molar-refractivity contribution in [2.75, 3.05) is 12.3 Å². The number of nitrogen functional groups attached to an aromatic ring is 1. The van der Waals surface area contributed by atoms with E-state index in [4.69, 9.17) is 10.5 Å². The van der Waals surface area contributed by atoms with E-state index in [-0.39, 0.29) is 17.0 Å². The summed E-state index contributed by atoms with van der Waals surface area (Å²) in [6.07, 6.45) is -1.86. The van der Waals surface area contributed by atoms with Gasteiger partial charge in [-0.25, -0.2) is 19.1 Å². The molecule has 3 aromatic rings. The van der Waals surface area contributed by atoms with Crippen LogP contribution in [0, 0.1) is 0 Å². The number of aromatic amines is 1. The van der Waals surface area contributed by atoms with E-state index in [0.29, 0.717) is 0 Å². The number of aliphatic hydroxyl groups is 2. The van der Waals surface area contributed by atoms with Gasteiger partial charge in [-0.2, -0.15) is 12.8 Å². The molecule has 0 radical (unpaired) electrons. The quantitative estimate of drug-likeness (QED) is 0.208.